The highest BCUT2D eigenvalue weighted by atomic mass is 35.5. The summed E-state index contributed by atoms with van der Waals surface area (Å²) in [5.41, 5.74) is 0.825. The average Bonchev–Trinajstić information content (AvgIpc) is 2.82. The zero-order valence-electron chi connectivity index (χ0n) is 9.11. The van der Waals surface area contributed by atoms with E-state index >= 15 is 0 Å². The van der Waals surface area contributed by atoms with Crippen molar-refractivity contribution in [1.82, 2.24) is 15.3 Å². The molecule has 0 aliphatic rings. The number of nitrogens with zero attached hydrogens (tertiary/aromatic N) is 1. The van der Waals surface area contributed by atoms with Crippen LogP contribution in [-0.2, 0) is 17.8 Å². The Morgan fingerprint density at radius 3 is 2.94 bits per heavy atom. The van der Waals surface area contributed by atoms with Gasteiger partial charge >= 0.3 is 0 Å². The van der Waals surface area contributed by atoms with Gasteiger partial charge in [0.25, 0.3) is 0 Å². The highest BCUT2D eigenvalue weighted by Gasteiger charge is 2.06. The van der Waals surface area contributed by atoms with Crippen LogP contribution in [0.2, 0.25) is 5.02 Å². The Morgan fingerprint density at radius 1 is 1.41 bits per heavy atom. The van der Waals surface area contributed by atoms with E-state index in [0.29, 0.717) is 11.6 Å². The molecule has 0 unspecified atom stereocenters. The van der Waals surface area contributed by atoms with Crippen LogP contribution in [0.1, 0.15) is 11.4 Å². The van der Waals surface area contributed by atoms with Crippen LogP contribution < -0.4 is 5.32 Å². The smallest absolute Gasteiger partial charge is 0.224 e. The highest BCUT2D eigenvalue weighted by molar-refractivity contribution is 6.31. The van der Waals surface area contributed by atoms with Crippen LogP contribution in [0.5, 0.6) is 0 Å². The van der Waals surface area contributed by atoms with Gasteiger partial charge in [0, 0.05) is 17.4 Å². The fourth-order valence-electron chi connectivity index (χ4n) is 1.45. The number of carbonyl (C=O) groups is 1. The topological polar surface area (TPSA) is 57.8 Å². The molecule has 0 aliphatic carbocycles. The predicted octanol–water partition coefficient (Wildman–Crippen LogP) is 1.92. The van der Waals surface area contributed by atoms with E-state index in [1.165, 1.54) is 0 Å². The minimum atomic E-state index is -0.0745. The van der Waals surface area contributed by atoms with Crippen molar-refractivity contribution in [3.8, 4) is 0 Å². The second-order valence-electron chi connectivity index (χ2n) is 3.58. The van der Waals surface area contributed by atoms with E-state index in [4.69, 9.17) is 11.6 Å². The lowest BCUT2D eigenvalue weighted by Crippen LogP contribution is -2.25. The monoisotopic (exact) mass is 249 g/mol. The molecule has 1 aromatic carbocycles. The van der Waals surface area contributed by atoms with Crippen molar-refractivity contribution in [1.29, 1.82) is 0 Å². The Morgan fingerprint density at radius 2 is 2.24 bits per heavy atom. The molecular weight excluding hydrogens is 238 g/mol. The lowest BCUT2D eigenvalue weighted by atomic mass is 10.1. The molecule has 0 aliphatic heterocycles. The summed E-state index contributed by atoms with van der Waals surface area (Å²) in [5.74, 6) is 0.659. The fraction of sp³-hybridized carbons (Fsp3) is 0.167. The number of benzene rings is 1. The van der Waals surface area contributed by atoms with E-state index in [1.54, 1.807) is 18.5 Å². The maximum atomic E-state index is 11.6. The third-order valence-corrected chi connectivity index (χ3v) is 2.69. The van der Waals surface area contributed by atoms with Crippen molar-refractivity contribution in [2.24, 2.45) is 0 Å². The van der Waals surface area contributed by atoms with Gasteiger partial charge in [-0.25, -0.2) is 4.98 Å². The molecule has 17 heavy (non-hydrogen) atoms. The van der Waals surface area contributed by atoms with Crippen LogP contribution in [0.4, 0.5) is 0 Å². The first-order chi connectivity index (χ1) is 8.25. The van der Waals surface area contributed by atoms with E-state index in [-0.39, 0.29) is 12.3 Å². The van der Waals surface area contributed by atoms with Gasteiger partial charge in [-0.05, 0) is 11.6 Å². The highest BCUT2D eigenvalue weighted by Crippen LogP contribution is 2.15. The quantitative estimate of drug-likeness (QED) is 0.870. The molecular formula is C12H12ClN3O. The minimum Gasteiger partial charge on any atom is -0.349 e. The Bertz CT molecular complexity index is 496. The normalized spacial score (nSPS) is 10.2. The minimum absolute atomic E-state index is 0.0745. The van der Waals surface area contributed by atoms with Crippen LogP contribution in [0.3, 0.4) is 0 Å². The predicted molar refractivity (Wildman–Crippen MR) is 65.6 cm³/mol. The third-order valence-electron chi connectivity index (χ3n) is 2.32. The van der Waals surface area contributed by atoms with Gasteiger partial charge in [0.1, 0.15) is 5.82 Å². The van der Waals surface area contributed by atoms with Crippen LogP contribution >= 0.6 is 11.6 Å². The lowest BCUT2D eigenvalue weighted by molar-refractivity contribution is -0.120. The summed E-state index contributed by atoms with van der Waals surface area (Å²) in [6.07, 6.45) is 3.64. The second-order valence-corrected chi connectivity index (χ2v) is 3.99. The number of imidazole rings is 1. The number of amides is 1. The Hall–Kier alpha value is -1.81. The molecule has 0 spiro atoms. The summed E-state index contributed by atoms with van der Waals surface area (Å²) in [4.78, 5) is 18.6. The molecule has 2 rings (SSSR count). The van der Waals surface area contributed by atoms with Crippen LogP contribution in [0.25, 0.3) is 0 Å². The SMILES string of the molecule is O=C(Cc1ccccc1Cl)NCc1ncc[nH]1. The van der Waals surface area contributed by atoms with Gasteiger partial charge in [-0.2, -0.15) is 0 Å². The van der Waals surface area contributed by atoms with Gasteiger partial charge in [-0.3, -0.25) is 4.79 Å². The van der Waals surface area contributed by atoms with Crippen LogP contribution in [-0.4, -0.2) is 15.9 Å². The summed E-state index contributed by atoms with van der Waals surface area (Å²) in [5, 5.41) is 3.38. The molecule has 1 amide bonds. The summed E-state index contributed by atoms with van der Waals surface area (Å²) < 4.78 is 0. The maximum absolute atomic E-state index is 11.6. The van der Waals surface area contributed by atoms with E-state index in [9.17, 15) is 4.79 Å². The summed E-state index contributed by atoms with van der Waals surface area (Å²) in [6, 6.07) is 7.32. The molecule has 5 heteroatoms. The van der Waals surface area contributed by atoms with Crippen molar-refractivity contribution < 1.29 is 4.79 Å². The van der Waals surface area contributed by atoms with Gasteiger partial charge in [0.15, 0.2) is 0 Å². The van der Waals surface area contributed by atoms with Gasteiger partial charge in [0.2, 0.25) is 5.91 Å². The fourth-order valence-corrected chi connectivity index (χ4v) is 1.66. The number of rotatable bonds is 4. The molecule has 4 nitrogen and oxygen atoms in total. The molecule has 88 valence electrons. The van der Waals surface area contributed by atoms with Crippen LogP contribution in [0.15, 0.2) is 36.7 Å². The molecule has 0 bridgehead atoms. The molecule has 2 N–H and O–H groups in total. The third kappa shape index (κ3) is 3.32. The second kappa shape index (κ2) is 5.50. The molecule has 0 saturated heterocycles. The number of aromatic amines is 1. The van der Waals surface area contributed by atoms with E-state index < -0.39 is 0 Å². The number of hydrogen-bond acceptors (Lipinski definition) is 2. The first kappa shape index (κ1) is 11.7. The average molecular weight is 250 g/mol. The molecule has 1 aromatic heterocycles. The summed E-state index contributed by atoms with van der Waals surface area (Å²) in [6.45, 7) is 0.399. The summed E-state index contributed by atoms with van der Waals surface area (Å²) in [7, 11) is 0. The Kier molecular flexibility index (Phi) is 3.77. The van der Waals surface area contributed by atoms with Crippen molar-refractivity contribution in [2.75, 3.05) is 0 Å². The van der Waals surface area contributed by atoms with E-state index in [0.717, 1.165) is 11.4 Å². The largest absolute Gasteiger partial charge is 0.349 e. The standard InChI is InChI=1S/C12H12ClN3O/c13-10-4-2-1-3-9(10)7-12(17)16-8-11-14-5-6-15-11/h1-6H,7-8H2,(H,14,15)(H,16,17). The van der Waals surface area contributed by atoms with Crippen molar-refractivity contribution in [2.45, 2.75) is 13.0 Å². The van der Waals surface area contributed by atoms with Crippen molar-refractivity contribution in [3.63, 3.8) is 0 Å². The first-order valence-electron chi connectivity index (χ1n) is 5.24. The molecule has 0 saturated carbocycles. The molecule has 0 atom stereocenters. The number of H-pyrrole nitrogens is 1. The molecule has 0 fully saturated rings. The number of nitrogens with one attached hydrogen (secondary N) is 2. The zero-order valence-corrected chi connectivity index (χ0v) is 9.87. The molecule has 1 heterocycles. The summed E-state index contributed by atoms with van der Waals surface area (Å²) >= 11 is 5.97. The van der Waals surface area contributed by atoms with Gasteiger partial charge in [-0.15, -0.1) is 0 Å². The van der Waals surface area contributed by atoms with Crippen LogP contribution in [0, 0.1) is 0 Å². The Balaban J connectivity index is 1.87. The van der Waals surface area contributed by atoms with E-state index in [1.807, 2.05) is 18.2 Å². The number of hydrogen-bond donors (Lipinski definition) is 2. The number of carbonyl (C=O) groups excluding carboxylic acids is 1. The number of aromatic nitrogens is 2. The van der Waals surface area contributed by atoms with Gasteiger partial charge in [0.05, 0.1) is 13.0 Å². The first-order valence-corrected chi connectivity index (χ1v) is 5.62. The van der Waals surface area contributed by atoms with Crippen molar-refractivity contribution in [3.05, 3.63) is 53.1 Å². The molecule has 0 radical (unpaired) electrons. The zero-order chi connectivity index (χ0) is 12.1. The Labute approximate surface area is 104 Å². The number of halogens is 1. The molecule has 2 aromatic rings. The van der Waals surface area contributed by atoms with E-state index in [2.05, 4.69) is 15.3 Å². The lowest BCUT2D eigenvalue weighted by Gasteiger charge is -2.05. The van der Waals surface area contributed by atoms with Gasteiger partial charge in [-0.1, -0.05) is 29.8 Å². The van der Waals surface area contributed by atoms with Crippen molar-refractivity contribution >= 4 is 17.5 Å². The maximum Gasteiger partial charge on any atom is 0.224 e. The van der Waals surface area contributed by atoms with Gasteiger partial charge < -0.3 is 10.3 Å².